The molecule has 0 amide bonds. The Bertz CT molecular complexity index is 512. The van der Waals surface area contributed by atoms with Crippen molar-refractivity contribution < 1.29 is 14.2 Å². The first-order valence-corrected chi connectivity index (χ1v) is 7.36. The molecule has 1 N–H and O–H groups in total. The van der Waals surface area contributed by atoms with Crippen molar-refractivity contribution in [2.75, 3.05) is 40.1 Å². The zero-order valence-corrected chi connectivity index (χ0v) is 12.4. The molecule has 0 saturated carbocycles. The number of rotatable bonds is 5. The summed E-state index contributed by atoms with van der Waals surface area (Å²) in [5.74, 6) is 2.22. The van der Waals surface area contributed by atoms with Crippen LogP contribution in [0, 0.1) is 0 Å². The number of benzene rings is 1. The average molecular weight is 290 g/mol. The molecule has 1 fully saturated rings. The molecule has 3 rings (SSSR count). The van der Waals surface area contributed by atoms with Crippen molar-refractivity contribution in [3.63, 3.8) is 0 Å². The van der Waals surface area contributed by atoms with Gasteiger partial charge in [-0.15, -0.1) is 6.58 Å². The Hall–Kier alpha value is -1.72. The molecular weight excluding hydrogens is 268 g/mol. The summed E-state index contributed by atoms with van der Waals surface area (Å²) in [6, 6.07) is 4.43. The fraction of sp³-hybridized carbons (Fsp3) is 0.500. The lowest BCUT2D eigenvalue weighted by Crippen LogP contribution is -2.45. The van der Waals surface area contributed by atoms with E-state index in [1.54, 1.807) is 7.11 Å². The predicted molar refractivity (Wildman–Crippen MR) is 81.1 cm³/mol. The summed E-state index contributed by atoms with van der Waals surface area (Å²) in [5.41, 5.74) is 1.19. The second kappa shape index (κ2) is 6.37. The molecule has 1 saturated heterocycles. The van der Waals surface area contributed by atoms with E-state index in [1.807, 2.05) is 6.08 Å². The van der Waals surface area contributed by atoms with E-state index < -0.39 is 0 Å². The van der Waals surface area contributed by atoms with E-state index in [4.69, 9.17) is 14.2 Å². The van der Waals surface area contributed by atoms with Gasteiger partial charge in [-0.3, -0.25) is 4.90 Å². The minimum atomic E-state index is 0.259. The van der Waals surface area contributed by atoms with Crippen LogP contribution in [0.3, 0.4) is 0 Å². The van der Waals surface area contributed by atoms with Gasteiger partial charge in [-0.05, 0) is 24.1 Å². The standard InChI is InChI=1S/C16H22N2O3/c1-3-4-13(18-7-5-17-6-8-18)12-9-14(19-2)16-15(10-12)20-11-21-16/h3,9-10,13,17H,1,4-8,11H2,2H3/t13-/m1/s1. The van der Waals surface area contributed by atoms with Crippen LogP contribution in [0.5, 0.6) is 17.2 Å². The molecule has 5 heteroatoms. The summed E-state index contributed by atoms with van der Waals surface area (Å²) < 4.78 is 16.5. The average Bonchev–Trinajstić information content (AvgIpc) is 3.01. The van der Waals surface area contributed by atoms with E-state index in [0.717, 1.165) is 44.1 Å². The number of hydrogen-bond donors (Lipinski definition) is 1. The molecule has 0 spiro atoms. The van der Waals surface area contributed by atoms with Crippen LogP contribution < -0.4 is 19.5 Å². The largest absolute Gasteiger partial charge is 0.493 e. The van der Waals surface area contributed by atoms with Gasteiger partial charge < -0.3 is 19.5 Å². The highest BCUT2D eigenvalue weighted by atomic mass is 16.7. The Morgan fingerprint density at radius 1 is 1.38 bits per heavy atom. The molecule has 1 aromatic carbocycles. The smallest absolute Gasteiger partial charge is 0.231 e. The SMILES string of the molecule is C=CC[C@H](c1cc(OC)c2c(c1)OCO2)N1CCNCC1. The maximum atomic E-state index is 5.54. The molecule has 1 aromatic rings. The molecule has 1 atom stereocenters. The number of methoxy groups -OCH3 is 1. The van der Waals surface area contributed by atoms with Gasteiger partial charge >= 0.3 is 0 Å². The van der Waals surface area contributed by atoms with Gasteiger partial charge in [0.05, 0.1) is 7.11 Å². The second-order valence-corrected chi connectivity index (χ2v) is 5.28. The number of nitrogens with zero attached hydrogens (tertiary/aromatic N) is 1. The summed E-state index contributed by atoms with van der Waals surface area (Å²) in [6.45, 7) is 8.29. The van der Waals surface area contributed by atoms with Crippen molar-refractivity contribution >= 4 is 0 Å². The molecule has 114 valence electrons. The van der Waals surface area contributed by atoms with E-state index in [1.165, 1.54) is 5.56 Å². The van der Waals surface area contributed by atoms with Gasteiger partial charge in [-0.25, -0.2) is 0 Å². The van der Waals surface area contributed by atoms with Crippen LogP contribution in [0.25, 0.3) is 0 Å². The minimum absolute atomic E-state index is 0.259. The van der Waals surface area contributed by atoms with Gasteiger partial charge in [0.15, 0.2) is 11.5 Å². The Morgan fingerprint density at radius 3 is 2.90 bits per heavy atom. The van der Waals surface area contributed by atoms with Crippen molar-refractivity contribution in [2.24, 2.45) is 0 Å². The Kier molecular flexibility index (Phi) is 4.31. The van der Waals surface area contributed by atoms with E-state index in [-0.39, 0.29) is 6.79 Å². The van der Waals surface area contributed by atoms with Crippen molar-refractivity contribution in [1.82, 2.24) is 10.2 Å². The van der Waals surface area contributed by atoms with Crippen LogP contribution in [0.2, 0.25) is 0 Å². The Balaban J connectivity index is 1.93. The Morgan fingerprint density at radius 2 is 2.19 bits per heavy atom. The highest BCUT2D eigenvalue weighted by Gasteiger charge is 2.26. The molecule has 0 aromatic heterocycles. The van der Waals surface area contributed by atoms with Crippen LogP contribution in [0.15, 0.2) is 24.8 Å². The molecule has 21 heavy (non-hydrogen) atoms. The third-order valence-electron chi connectivity index (χ3n) is 4.05. The van der Waals surface area contributed by atoms with Gasteiger partial charge in [0.25, 0.3) is 0 Å². The monoisotopic (exact) mass is 290 g/mol. The lowest BCUT2D eigenvalue weighted by Gasteiger charge is -2.35. The molecule has 2 aliphatic rings. The first-order valence-electron chi connectivity index (χ1n) is 7.36. The van der Waals surface area contributed by atoms with Gasteiger partial charge in [0.1, 0.15) is 0 Å². The van der Waals surface area contributed by atoms with Crippen LogP contribution in [0.1, 0.15) is 18.0 Å². The lowest BCUT2D eigenvalue weighted by atomic mass is 10.00. The van der Waals surface area contributed by atoms with Gasteiger partial charge in [0.2, 0.25) is 12.5 Å². The number of fused-ring (bicyclic) bond motifs is 1. The highest BCUT2D eigenvalue weighted by Crippen LogP contribution is 2.44. The first kappa shape index (κ1) is 14.2. The van der Waals surface area contributed by atoms with Gasteiger partial charge in [-0.2, -0.15) is 0 Å². The van der Waals surface area contributed by atoms with Gasteiger partial charge in [-0.1, -0.05) is 6.08 Å². The fourth-order valence-electron chi connectivity index (χ4n) is 2.99. The Labute approximate surface area is 125 Å². The summed E-state index contributed by atoms with van der Waals surface area (Å²) in [4.78, 5) is 2.48. The number of ether oxygens (including phenoxy) is 3. The van der Waals surface area contributed by atoms with E-state index in [2.05, 4.69) is 28.9 Å². The topological polar surface area (TPSA) is 43.0 Å². The van der Waals surface area contributed by atoms with Gasteiger partial charge in [0, 0.05) is 32.2 Å². The third kappa shape index (κ3) is 2.84. The maximum Gasteiger partial charge on any atom is 0.231 e. The van der Waals surface area contributed by atoms with Crippen molar-refractivity contribution in [3.8, 4) is 17.2 Å². The normalized spacial score (nSPS) is 19.3. The van der Waals surface area contributed by atoms with E-state index in [9.17, 15) is 0 Å². The molecule has 2 heterocycles. The van der Waals surface area contributed by atoms with Crippen LogP contribution >= 0.6 is 0 Å². The summed E-state index contributed by atoms with van der Waals surface area (Å²) in [6.07, 6.45) is 2.88. The molecular formula is C16H22N2O3. The summed E-state index contributed by atoms with van der Waals surface area (Å²) in [5, 5.41) is 3.39. The summed E-state index contributed by atoms with van der Waals surface area (Å²) in [7, 11) is 1.66. The van der Waals surface area contributed by atoms with Crippen molar-refractivity contribution in [2.45, 2.75) is 12.5 Å². The molecule has 0 bridgehead atoms. The van der Waals surface area contributed by atoms with Crippen LogP contribution in [-0.4, -0.2) is 45.0 Å². The third-order valence-corrected chi connectivity index (χ3v) is 4.05. The first-order chi connectivity index (χ1) is 10.3. The predicted octanol–water partition coefficient (Wildman–Crippen LogP) is 1.95. The molecule has 2 aliphatic heterocycles. The van der Waals surface area contributed by atoms with E-state index in [0.29, 0.717) is 11.8 Å². The van der Waals surface area contributed by atoms with E-state index >= 15 is 0 Å². The number of hydrogen-bond acceptors (Lipinski definition) is 5. The summed E-state index contributed by atoms with van der Waals surface area (Å²) >= 11 is 0. The zero-order valence-electron chi connectivity index (χ0n) is 12.4. The number of piperazine rings is 1. The lowest BCUT2D eigenvalue weighted by molar-refractivity contribution is 0.170. The highest BCUT2D eigenvalue weighted by molar-refractivity contribution is 5.55. The maximum absolute atomic E-state index is 5.54. The zero-order chi connectivity index (χ0) is 14.7. The molecule has 5 nitrogen and oxygen atoms in total. The molecule has 0 radical (unpaired) electrons. The quantitative estimate of drug-likeness (QED) is 0.840. The van der Waals surface area contributed by atoms with Crippen molar-refractivity contribution in [1.29, 1.82) is 0 Å². The van der Waals surface area contributed by atoms with Crippen molar-refractivity contribution in [3.05, 3.63) is 30.4 Å². The van der Waals surface area contributed by atoms with Crippen LogP contribution in [0.4, 0.5) is 0 Å². The number of nitrogens with one attached hydrogen (secondary N) is 1. The second-order valence-electron chi connectivity index (χ2n) is 5.28. The fourth-order valence-corrected chi connectivity index (χ4v) is 2.99. The molecule has 0 unspecified atom stereocenters. The molecule has 0 aliphatic carbocycles. The minimum Gasteiger partial charge on any atom is -0.493 e. The van der Waals surface area contributed by atoms with Crippen LogP contribution in [-0.2, 0) is 0 Å².